The van der Waals surface area contributed by atoms with Crippen LogP contribution in [0.3, 0.4) is 0 Å². The van der Waals surface area contributed by atoms with Crippen molar-refractivity contribution in [2.24, 2.45) is 29.6 Å². The summed E-state index contributed by atoms with van der Waals surface area (Å²) in [7, 11) is 0. The number of fused-ring (bicyclic) bond motifs is 6. The molecule has 2 nitrogen and oxygen atoms in total. The van der Waals surface area contributed by atoms with Crippen molar-refractivity contribution in [3.63, 3.8) is 0 Å². The zero-order valence-electron chi connectivity index (χ0n) is 31.9. The number of rotatable bonds is 6. The topological polar surface area (TPSA) is 6.48 Å². The van der Waals surface area contributed by atoms with Gasteiger partial charge in [-0.05, 0) is 167 Å². The standard InChI is InChI=1S/C50H64N2/c1-3-11-35(12-4-1)37-21-27-43(28-22-37)51(44-29-23-38(24-30-44)41-20-19-36-13-7-8-14-40(36)33-41)45-31-25-39-26-32-47-46-17-9-10-18-49(46)52(50(47)48(39)34-45)42-15-5-2-6-16-42/h1,3-4,8,11,14,17-18,20-22,27-28,33,35-36,38-39,42,44-45,47-48,50H,2,5-7,9-10,12-13,15-16,19,23-26,29-32,34H2/t35?,36-,38?,39?,44?,45?,47?,48-,50?/m1/s1. The second-order valence-corrected chi connectivity index (χ2v) is 18.5. The molecule has 274 valence electrons. The molecule has 52 heavy (non-hydrogen) atoms. The van der Waals surface area contributed by atoms with E-state index in [-0.39, 0.29) is 0 Å². The second-order valence-electron chi connectivity index (χ2n) is 18.5. The maximum atomic E-state index is 3.11. The van der Waals surface area contributed by atoms with E-state index in [1.807, 2.05) is 0 Å². The van der Waals surface area contributed by atoms with Gasteiger partial charge in [0.1, 0.15) is 0 Å². The first kappa shape index (κ1) is 33.6. The average molecular weight is 693 g/mol. The molecule has 0 N–H and O–H groups in total. The van der Waals surface area contributed by atoms with Crippen LogP contribution in [0.15, 0.2) is 107 Å². The summed E-state index contributed by atoms with van der Waals surface area (Å²) in [5.41, 5.74) is 9.78. The van der Waals surface area contributed by atoms with Gasteiger partial charge in [0.15, 0.2) is 0 Å². The van der Waals surface area contributed by atoms with Crippen LogP contribution in [-0.4, -0.2) is 29.1 Å². The summed E-state index contributed by atoms with van der Waals surface area (Å²) in [6.07, 6.45) is 51.9. The van der Waals surface area contributed by atoms with Gasteiger partial charge in [-0.25, -0.2) is 0 Å². The minimum absolute atomic E-state index is 0.523. The molecule has 5 unspecified atom stereocenters. The van der Waals surface area contributed by atoms with Crippen LogP contribution >= 0.6 is 0 Å². The molecular formula is C50H64N2. The van der Waals surface area contributed by atoms with Crippen LogP contribution in [0.5, 0.6) is 0 Å². The second kappa shape index (κ2) is 14.7. The van der Waals surface area contributed by atoms with Gasteiger partial charge in [0.05, 0.1) is 0 Å². The Morgan fingerprint density at radius 3 is 2.31 bits per heavy atom. The van der Waals surface area contributed by atoms with Crippen LogP contribution in [0.4, 0.5) is 5.69 Å². The quantitative estimate of drug-likeness (QED) is 0.293. The molecule has 7 atom stereocenters. The Hall–Kier alpha value is -3.00. The molecule has 1 heterocycles. The van der Waals surface area contributed by atoms with Gasteiger partial charge < -0.3 is 9.80 Å². The molecule has 0 radical (unpaired) electrons. The molecule has 1 saturated heterocycles. The van der Waals surface area contributed by atoms with E-state index in [2.05, 4.69) is 94.8 Å². The fraction of sp³-hybridized carbons (Fsp3) is 0.600. The fourth-order valence-electron chi connectivity index (χ4n) is 13.3. The molecule has 9 aliphatic rings. The maximum Gasteiger partial charge on any atom is 0.0393 e. The summed E-state index contributed by atoms with van der Waals surface area (Å²) in [5.74, 6) is 4.58. The Bertz CT molecular complexity index is 1670. The molecule has 1 aromatic carbocycles. The van der Waals surface area contributed by atoms with Gasteiger partial charge in [-0.2, -0.15) is 0 Å². The number of nitrogens with zero attached hydrogens (tertiary/aromatic N) is 2. The molecule has 0 amide bonds. The van der Waals surface area contributed by atoms with Crippen LogP contribution in [0.1, 0.15) is 140 Å². The summed E-state index contributed by atoms with van der Waals surface area (Å²) < 4.78 is 0. The van der Waals surface area contributed by atoms with Crippen molar-refractivity contribution < 1.29 is 0 Å². The van der Waals surface area contributed by atoms with Crippen molar-refractivity contribution >= 4 is 5.69 Å². The van der Waals surface area contributed by atoms with Crippen LogP contribution in [0.25, 0.3) is 0 Å². The Labute approximate surface area is 315 Å². The highest BCUT2D eigenvalue weighted by Crippen LogP contribution is 2.56. The Balaban J connectivity index is 0.933. The number of likely N-dealkylation sites (tertiary alicyclic amines) is 1. The SMILES string of the molecule is C1=CCC(c2ccc(N(C3CCC(C4=CC[C@H]5CCC=CC5=C4)CC3)C3CCC4CCC5C6=CCCC=C6N(C6CCCCC6)C5[C@@H]4C3)cc2)C=C1. The van der Waals surface area contributed by atoms with Gasteiger partial charge >= 0.3 is 0 Å². The molecule has 5 fully saturated rings. The van der Waals surface area contributed by atoms with Crippen LogP contribution in [0.2, 0.25) is 0 Å². The Kier molecular flexibility index (Phi) is 9.47. The van der Waals surface area contributed by atoms with E-state index < -0.39 is 0 Å². The monoisotopic (exact) mass is 693 g/mol. The molecule has 8 aliphatic carbocycles. The lowest BCUT2D eigenvalue weighted by molar-refractivity contribution is 0.0206. The highest BCUT2D eigenvalue weighted by molar-refractivity contribution is 5.52. The van der Waals surface area contributed by atoms with E-state index in [9.17, 15) is 0 Å². The van der Waals surface area contributed by atoms with E-state index in [4.69, 9.17) is 0 Å². The molecule has 1 aliphatic heterocycles. The van der Waals surface area contributed by atoms with Gasteiger partial charge in [0.25, 0.3) is 0 Å². The molecule has 0 aromatic heterocycles. The maximum absolute atomic E-state index is 3.11. The van der Waals surface area contributed by atoms with E-state index in [0.717, 1.165) is 48.1 Å². The largest absolute Gasteiger partial charge is 0.366 e. The van der Waals surface area contributed by atoms with Crippen LogP contribution in [0, 0.1) is 29.6 Å². The zero-order chi connectivity index (χ0) is 34.4. The number of anilines is 1. The van der Waals surface area contributed by atoms with Gasteiger partial charge in [0.2, 0.25) is 0 Å². The van der Waals surface area contributed by atoms with Crippen molar-refractivity contribution in [3.8, 4) is 0 Å². The van der Waals surface area contributed by atoms with Gasteiger partial charge in [-0.15, -0.1) is 0 Å². The van der Waals surface area contributed by atoms with Gasteiger partial charge in [-0.3, -0.25) is 0 Å². The molecule has 2 heteroatoms. The molecule has 10 rings (SSSR count). The van der Waals surface area contributed by atoms with Gasteiger partial charge in [0, 0.05) is 47.4 Å². The summed E-state index contributed by atoms with van der Waals surface area (Å²) >= 11 is 0. The van der Waals surface area contributed by atoms with E-state index >= 15 is 0 Å². The van der Waals surface area contributed by atoms with Crippen molar-refractivity contribution in [2.75, 3.05) is 4.90 Å². The number of benzene rings is 1. The van der Waals surface area contributed by atoms with Crippen molar-refractivity contribution in [3.05, 3.63) is 113 Å². The minimum atomic E-state index is 0.523. The highest BCUT2D eigenvalue weighted by atomic mass is 15.3. The van der Waals surface area contributed by atoms with Gasteiger partial charge in [-0.1, -0.05) is 92.2 Å². The van der Waals surface area contributed by atoms with Crippen LogP contribution in [-0.2, 0) is 0 Å². The Morgan fingerprint density at radius 1 is 0.635 bits per heavy atom. The number of hydrogen-bond donors (Lipinski definition) is 0. The smallest absolute Gasteiger partial charge is 0.0393 e. The zero-order valence-corrected chi connectivity index (χ0v) is 31.9. The molecular weight excluding hydrogens is 629 g/mol. The summed E-state index contributed by atoms with van der Waals surface area (Å²) in [6, 6.07) is 12.9. The Morgan fingerprint density at radius 2 is 1.46 bits per heavy atom. The minimum Gasteiger partial charge on any atom is -0.366 e. The van der Waals surface area contributed by atoms with Crippen LogP contribution < -0.4 is 4.90 Å². The summed E-state index contributed by atoms with van der Waals surface area (Å²) in [5, 5.41) is 0. The molecule has 0 spiro atoms. The normalized spacial score (nSPS) is 37.2. The third-order valence-corrected chi connectivity index (χ3v) is 15.8. The molecule has 1 aromatic rings. The van der Waals surface area contributed by atoms with Crippen molar-refractivity contribution in [2.45, 2.75) is 159 Å². The average Bonchev–Trinajstić information content (AvgIpc) is 3.57. The first-order chi connectivity index (χ1) is 25.8. The first-order valence-electron chi connectivity index (χ1n) is 22.3. The highest BCUT2D eigenvalue weighted by Gasteiger charge is 2.53. The third kappa shape index (κ3) is 6.26. The summed E-state index contributed by atoms with van der Waals surface area (Å²) in [4.78, 5) is 6.17. The predicted octanol–water partition coefficient (Wildman–Crippen LogP) is 12.7. The van der Waals surface area contributed by atoms with Crippen molar-refractivity contribution in [1.29, 1.82) is 0 Å². The van der Waals surface area contributed by atoms with E-state index in [1.54, 1.807) is 22.4 Å². The van der Waals surface area contributed by atoms with E-state index in [0.29, 0.717) is 18.0 Å². The van der Waals surface area contributed by atoms with Crippen molar-refractivity contribution in [1.82, 2.24) is 4.90 Å². The summed E-state index contributed by atoms with van der Waals surface area (Å²) in [6.45, 7) is 0. The predicted molar refractivity (Wildman–Crippen MR) is 218 cm³/mol. The first-order valence-corrected chi connectivity index (χ1v) is 22.3. The number of allylic oxidation sites excluding steroid dienone is 13. The van der Waals surface area contributed by atoms with E-state index in [1.165, 1.54) is 133 Å². The molecule has 0 bridgehead atoms. The lowest BCUT2D eigenvalue weighted by atomic mass is 9.62. The lowest BCUT2D eigenvalue weighted by Gasteiger charge is -2.53. The third-order valence-electron chi connectivity index (χ3n) is 15.8. The lowest BCUT2D eigenvalue weighted by Crippen LogP contribution is -2.55. The number of hydrogen-bond acceptors (Lipinski definition) is 2. The fourth-order valence-corrected chi connectivity index (χ4v) is 13.3. The molecule has 4 saturated carbocycles.